The molecule has 0 unspecified atom stereocenters. The molecule has 0 bridgehead atoms. The summed E-state index contributed by atoms with van der Waals surface area (Å²) in [6.45, 7) is 8.25. The van der Waals surface area contributed by atoms with Crippen LogP contribution in [0.15, 0.2) is 18.5 Å². The molecule has 1 aromatic carbocycles. The average Bonchev–Trinajstić information content (AvgIpc) is 3.44. The molecular formula is C21H26N4O2S. The van der Waals surface area contributed by atoms with E-state index in [4.69, 9.17) is 4.74 Å². The fourth-order valence-electron chi connectivity index (χ4n) is 5.01. The first-order valence-electron chi connectivity index (χ1n) is 10.2. The van der Waals surface area contributed by atoms with Gasteiger partial charge in [0.1, 0.15) is 12.9 Å². The lowest BCUT2D eigenvalue weighted by atomic mass is 9.77. The maximum atomic E-state index is 11.7. The second-order valence-corrected chi connectivity index (χ2v) is 9.20. The van der Waals surface area contributed by atoms with Gasteiger partial charge in [-0.05, 0) is 68.3 Å². The molecule has 1 spiro atoms. The fourth-order valence-corrected chi connectivity index (χ4v) is 5.57. The molecule has 7 heteroatoms. The molecule has 0 aliphatic carbocycles. The monoisotopic (exact) mass is 398 g/mol. The van der Waals surface area contributed by atoms with E-state index in [1.165, 1.54) is 55.0 Å². The molecule has 0 N–H and O–H groups in total. The van der Waals surface area contributed by atoms with Crippen molar-refractivity contribution in [3.05, 3.63) is 40.7 Å². The number of anilines is 1. The van der Waals surface area contributed by atoms with Crippen LogP contribution in [0.3, 0.4) is 0 Å². The van der Waals surface area contributed by atoms with Crippen LogP contribution in [0.5, 0.6) is 0 Å². The van der Waals surface area contributed by atoms with E-state index in [1.807, 2.05) is 6.07 Å². The SMILES string of the molecule is Cc1c(CCN2CCC3(CC2)CCN(c2ncns2)C3)ccc2c1COC2=O. The summed E-state index contributed by atoms with van der Waals surface area (Å²) in [5.41, 5.74) is 4.88. The van der Waals surface area contributed by atoms with Gasteiger partial charge >= 0.3 is 5.97 Å². The molecule has 3 aliphatic heterocycles. The maximum Gasteiger partial charge on any atom is 0.338 e. The third-order valence-corrected chi connectivity index (χ3v) is 7.68. The Hall–Kier alpha value is -1.99. The number of hydrogen-bond donors (Lipinski definition) is 0. The zero-order valence-electron chi connectivity index (χ0n) is 16.3. The number of nitrogens with zero attached hydrogens (tertiary/aromatic N) is 4. The van der Waals surface area contributed by atoms with Gasteiger partial charge in [-0.1, -0.05) is 6.07 Å². The first-order valence-corrected chi connectivity index (χ1v) is 10.9. The van der Waals surface area contributed by atoms with Gasteiger partial charge in [0, 0.05) is 36.7 Å². The van der Waals surface area contributed by atoms with E-state index in [0.717, 1.165) is 42.3 Å². The van der Waals surface area contributed by atoms with Crippen molar-refractivity contribution in [1.29, 1.82) is 0 Å². The average molecular weight is 399 g/mol. The van der Waals surface area contributed by atoms with Crippen LogP contribution in [0, 0.1) is 12.3 Å². The molecule has 3 aliphatic rings. The summed E-state index contributed by atoms with van der Waals surface area (Å²) in [5, 5.41) is 1.08. The summed E-state index contributed by atoms with van der Waals surface area (Å²) in [4.78, 5) is 21.1. The molecule has 4 heterocycles. The van der Waals surface area contributed by atoms with Gasteiger partial charge in [0.2, 0.25) is 5.13 Å². The molecule has 28 heavy (non-hydrogen) atoms. The van der Waals surface area contributed by atoms with Crippen LogP contribution in [0.2, 0.25) is 0 Å². The maximum absolute atomic E-state index is 11.7. The van der Waals surface area contributed by atoms with Crippen molar-refractivity contribution in [2.45, 2.75) is 39.2 Å². The second-order valence-electron chi connectivity index (χ2n) is 8.44. The number of likely N-dealkylation sites (tertiary alicyclic amines) is 1. The summed E-state index contributed by atoms with van der Waals surface area (Å²) in [5.74, 6) is -0.176. The lowest BCUT2D eigenvalue weighted by Crippen LogP contribution is -2.42. The predicted molar refractivity (Wildman–Crippen MR) is 109 cm³/mol. The molecule has 2 fully saturated rings. The molecule has 0 radical (unpaired) electrons. The molecule has 0 atom stereocenters. The van der Waals surface area contributed by atoms with E-state index in [-0.39, 0.29) is 5.97 Å². The van der Waals surface area contributed by atoms with Crippen molar-refractivity contribution in [3.63, 3.8) is 0 Å². The lowest BCUT2D eigenvalue weighted by Gasteiger charge is -2.39. The van der Waals surface area contributed by atoms with Crippen LogP contribution < -0.4 is 4.90 Å². The van der Waals surface area contributed by atoms with Gasteiger partial charge < -0.3 is 14.5 Å². The minimum atomic E-state index is -0.176. The molecule has 0 amide bonds. The Morgan fingerprint density at radius 2 is 2.04 bits per heavy atom. The molecule has 5 rings (SSSR count). The van der Waals surface area contributed by atoms with Gasteiger partial charge in [-0.25, -0.2) is 9.78 Å². The summed E-state index contributed by atoms with van der Waals surface area (Å²) >= 11 is 1.51. The minimum Gasteiger partial charge on any atom is -0.457 e. The van der Waals surface area contributed by atoms with Crippen LogP contribution in [-0.2, 0) is 17.8 Å². The Kier molecular flexibility index (Phi) is 4.59. The Morgan fingerprint density at radius 1 is 1.21 bits per heavy atom. The molecule has 2 aromatic rings. The summed E-state index contributed by atoms with van der Waals surface area (Å²) in [6, 6.07) is 4.06. The summed E-state index contributed by atoms with van der Waals surface area (Å²) in [7, 11) is 0. The minimum absolute atomic E-state index is 0.176. The van der Waals surface area contributed by atoms with Crippen molar-refractivity contribution in [1.82, 2.24) is 14.3 Å². The number of ether oxygens (including phenoxy) is 1. The number of aromatic nitrogens is 2. The highest BCUT2D eigenvalue weighted by Crippen LogP contribution is 2.42. The van der Waals surface area contributed by atoms with Crippen LogP contribution in [0.25, 0.3) is 0 Å². The van der Waals surface area contributed by atoms with E-state index >= 15 is 0 Å². The fraction of sp³-hybridized carbons (Fsp3) is 0.571. The first-order chi connectivity index (χ1) is 13.6. The number of hydrogen-bond acceptors (Lipinski definition) is 7. The third-order valence-electron chi connectivity index (χ3n) is 6.95. The normalized spacial score (nSPS) is 21.3. The number of cyclic esters (lactones) is 1. The van der Waals surface area contributed by atoms with Crippen molar-refractivity contribution in [2.24, 2.45) is 5.41 Å². The van der Waals surface area contributed by atoms with E-state index in [1.54, 1.807) is 6.33 Å². The van der Waals surface area contributed by atoms with Gasteiger partial charge in [-0.3, -0.25) is 0 Å². The van der Waals surface area contributed by atoms with E-state index in [2.05, 4.69) is 32.1 Å². The summed E-state index contributed by atoms with van der Waals surface area (Å²) < 4.78 is 9.33. The van der Waals surface area contributed by atoms with E-state index in [9.17, 15) is 4.79 Å². The molecule has 6 nitrogen and oxygen atoms in total. The second kappa shape index (κ2) is 7.12. The zero-order valence-corrected chi connectivity index (χ0v) is 17.1. The van der Waals surface area contributed by atoms with Crippen LogP contribution in [0.1, 0.15) is 46.3 Å². The van der Waals surface area contributed by atoms with Crippen molar-refractivity contribution < 1.29 is 9.53 Å². The van der Waals surface area contributed by atoms with Crippen molar-refractivity contribution in [2.75, 3.05) is 37.6 Å². The van der Waals surface area contributed by atoms with Crippen molar-refractivity contribution in [3.8, 4) is 0 Å². The Labute approximate surface area is 169 Å². The van der Waals surface area contributed by atoms with Crippen LogP contribution >= 0.6 is 11.5 Å². The predicted octanol–water partition coefficient (Wildman–Crippen LogP) is 3.05. The Morgan fingerprint density at radius 3 is 2.82 bits per heavy atom. The number of piperidine rings is 1. The topological polar surface area (TPSA) is 58.6 Å². The quantitative estimate of drug-likeness (QED) is 0.738. The number of carbonyl (C=O) groups excluding carboxylic acids is 1. The number of carbonyl (C=O) groups is 1. The Bertz CT molecular complexity index is 875. The highest BCUT2D eigenvalue weighted by molar-refractivity contribution is 7.09. The smallest absolute Gasteiger partial charge is 0.338 e. The zero-order chi connectivity index (χ0) is 19.1. The largest absolute Gasteiger partial charge is 0.457 e. The third kappa shape index (κ3) is 3.20. The van der Waals surface area contributed by atoms with Crippen LogP contribution in [0.4, 0.5) is 5.13 Å². The lowest BCUT2D eigenvalue weighted by molar-refractivity contribution is 0.0535. The van der Waals surface area contributed by atoms with Gasteiger partial charge in [0.25, 0.3) is 0 Å². The Balaban J connectivity index is 1.16. The van der Waals surface area contributed by atoms with E-state index < -0.39 is 0 Å². The number of benzene rings is 1. The summed E-state index contributed by atoms with van der Waals surface area (Å²) in [6.07, 6.45) is 6.52. The molecular weight excluding hydrogens is 372 g/mol. The molecule has 1 aromatic heterocycles. The van der Waals surface area contributed by atoms with Crippen LogP contribution in [-0.4, -0.2) is 53.0 Å². The first kappa shape index (κ1) is 18.1. The molecule has 0 saturated carbocycles. The molecule has 148 valence electrons. The van der Waals surface area contributed by atoms with Gasteiger partial charge in [-0.2, -0.15) is 4.37 Å². The highest BCUT2D eigenvalue weighted by atomic mass is 32.1. The van der Waals surface area contributed by atoms with Gasteiger partial charge in [0.15, 0.2) is 0 Å². The molecule has 2 saturated heterocycles. The number of esters is 1. The van der Waals surface area contributed by atoms with Gasteiger partial charge in [-0.15, -0.1) is 0 Å². The number of fused-ring (bicyclic) bond motifs is 1. The highest BCUT2D eigenvalue weighted by Gasteiger charge is 2.41. The number of rotatable bonds is 4. The van der Waals surface area contributed by atoms with Gasteiger partial charge in [0.05, 0.1) is 5.56 Å². The standard InChI is InChI=1S/C21H26N4O2S/c1-15-16(2-3-17-18(15)12-27-19(17)26)4-8-24-9-5-21(6-10-24)7-11-25(13-21)20-22-14-23-28-20/h2-3,14H,4-13H2,1H3. The van der Waals surface area contributed by atoms with Crippen molar-refractivity contribution >= 4 is 22.6 Å². The van der Waals surface area contributed by atoms with E-state index in [0.29, 0.717) is 12.0 Å².